The Morgan fingerprint density at radius 2 is 1.57 bits per heavy atom. The number of hydrogen-bond donors (Lipinski definition) is 1. The fraction of sp³-hybridized carbons (Fsp3) is 0.217. The minimum absolute atomic E-state index is 0.394. The van der Waals surface area contributed by atoms with Crippen molar-refractivity contribution < 1.29 is 22.7 Å². The van der Waals surface area contributed by atoms with E-state index in [1.54, 1.807) is 0 Å². The number of rotatable bonds is 3. The van der Waals surface area contributed by atoms with Crippen LogP contribution in [0.15, 0.2) is 48.5 Å². The molecule has 0 radical (unpaired) electrons. The SMILES string of the molecule is OC1=c2cc3cc(CCc4ccc(C(F)(F)F)c(F)c4)ccc3cc2=CCC1. The number of hydrogen-bond acceptors (Lipinski definition) is 1. The minimum atomic E-state index is -4.68. The standard InChI is InChI=1S/C23H18F4O/c24-21-11-15(7-9-20(21)23(25,26)27)5-4-14-6-8-16-12-17-2-1-3-22(28)19(17)13-18(16)10-14/h2,6-13,28H,1,3-5H2. The Kier molecular flexibility index (Phi) is 4.61. The zero-order valence-corrected chi connectivity index (χ0v) is 15.0. The maximum Gasteiger partial charge on any atom is 0.419 e. The van der Waals surface area contributed by atoms with Crippen molar-refractivity contribution in [3.63, 3.8) is 0 Å². The van der Waals surface area contributed by atoms with E-state index < -0.39 is 17.6 Å². The third-order valence-corrected chi connectivity index (χ3v) is 5.17. The molecule has 1 N–H and O–H groups in total. The summed E-state index contributed by atoms with van der Waals surface area (Å²) in [6.07, 6.45) is -0.0816. The van der Waals surface area contributed by atoms with Gasteiger partial charge in [-0.15, -0.1) is 0 Å². The quantitative estimate of drug-likeness (QED) is 0.627. The molecule has 0 atom stereocenters. The van der Waals surface area contributed by atoms with Gasteiger partial charge in [-0.25, -0.2) is 4.39 Å². The summed E-state index contributed by atoms with van der Waals surface area (Å²) in [4.78, 5) is 0. The Labute approximate surface area is 159 Å². The van der Waals surface area contributed by atoms with Crippen LogP contribution < -0.4 is 10.4 Å². The van der Waals surface area contributed by atoms with Gasteiger partial charge in [0.25, 0.3) is 0 Å². The molecule has 0 saturated carbocycles. The first kappa shape index (κ1) is 18.5. The molecule has 144 valence electrons. The zero-order chi connectivity index (χ0) is 19.9. The number of benzene rings is 3. The van der Waals surface area contributed by atoms with Gasteiger partial charge in [0.2, 0.25) is 0 Å². The molecule has 0 heterocycles. The van der Waals surface area contributed by atoms with Crippen molar-refractivity contribution in [1.82, 2.24) is 0 Å². The van der Waals surface area contributed by atoms with Gasteiger partial charge in [0.15, 0.2) is 0 Å². The first-order valence-corrected chi connectivity index (χ1v) is 9.12. The summed E-state index contributed by atoms with van der Waals surface area (Å²) in [5.74, 6) is -0.845. The maximum atomic E-state index is 13.7. The number of alkyl halides is 3. The lowest BCUT2D eigenvalue weighted by Gasteiger charge is -2.10. The van der Waals surface area contributed by atoms with Crippen molar-refractivity contribution in [3.05, 3.63) is 81.5 Å². The van der Waals surface area contributed by atoms with E-state index in [2.05, 4.69) is 12.1 Å². The first-order chi connectivity index (χ1) is 13.3. The number of aliphatic hydroxyl groups is 1. The smallest absolute Gasteiger partial charge is 0.419 e. The highest BCUT2D eigenvalue weighted by molar-refractivity contribution is 5.84. The van der Waals surface area contributed by atoms with Crippen LogP contribution >= 0.6 is 0 Å². The second kappa shape index (κ2) is 6.97. The van der Waals surface area contributed by atoms with Crippen molar-refractivity contribution in [2.45, 2.75) is 31.9 Å². The van der Waals surface area contributed by atoms with Crippen molar-refractivity contribution in [2.24, 2.45) is 0 Å². The molecule has 0 aromatic heterocycles. The molecule has 1 nitrogen and oxygen atoms in total. The molecule has 5 heteroatoms. The highest BCUT2D eigenvalue weighted by atomic mass is 19.4. The first-order valence-electron chi connectivity index (χ1n) is 9.12. The largest absolute Gasteiger partial charge is 0.512 e. The number of halogens is 4. The number of aliphatic hydroxyl groups excluding tert-OH is 1. The van der Waals surface area contributed by atoms with Crippen LogP contribution in [0.5, 0.6) is 0 Å². The second-order valence-corrected chi connectivity index (χ2v) is 7.12. The Balaban J connectivity index is 1.59. The summed E-state index contributed by atoms with van der Waals surface area (Å²) < 4.78 is 51.7. The molecule has 0 aliphatic heterocycles. The summed E-state index contributed by atoms with van der Waals surface area (Å²) in [6.45, 7) is 0. The fourth-order valence-corrected chi connectivity index (χ4v) is 3.67. The van der Waals surface area contributed by atoms with Gasteiger partial charge >= 0.3 is 6.18 Å². The normalized spacial score (nSPS) is 14.1. The van der Waals surface area contributed by atoms with Crippen LogP contribution in [0.4, 0.5) is 17.6 Å². The van der Waals surface area contributed by atoms with Crippen molar-refractivity contribution in [1.29, 1.82) is 0 Å². The van der Waals surface area contributed by atoms with Gasteiger partial charge in [-0.2, -0.15) is 13.2 Å². The van der Waals surface area contributed by atoms with Crippen LogP contribution in [0.1, 0.15) is 29.5 Å². The molecule has 3 aromatic rings. The molecule has 0 spiro atoms. The summed E-state index contributed by atoms with van der Waals surface area (Å²) in [5.41, 5.74) is 0.295. The molecule has 3 aromatic carbocycles. The van der Waals surface area contributed by atoms with Gasteiger partial charge in [0.1, 0.15) is 11.6 Å². The van der Waals surface area contributed by atoms with Crippen molar-refractivity contribution in [2.75, 3.05) is 0 Å². The Hall–Kier alpha value is -2.82. The van der Waals surface area contributed by atoms with Crippen LogP contribution in [0.25, 0.3) is 22.6 Å². The van der Waals surface area contributed by atoms with E-state index in [1.165, 1.54) is 6.07 Å². The van der Waals surface area contributed by atoms with Crippen LogP contribution in [-0.2, 0) is 19.0 Å². The minimum Gasteiger partial charge on any atom is -0.512 e. The van der Waals surface area contributed by atoms with E-state index in [4.69, 9.17) is 0 Å². The monoisotopic (exact) mass is 386 g/mol. The Morgan fingerprint density at radius 1 is 0.857 bits per heavy atom. The van der Waals surface area contributed by atoms with E-state index in [0.717, 1.165) is 45.3 Å². The third-order valence-electron chi connectivity index (χ3n) is 5.17. The Morgan fingerprint density at radius 3 is 2.29 bits per heavy atom. The van der Waals surface area contributed by atoms with E-state index in [9.17, 15) is 22.7 Å². The molecule has 1 aliphatic rings. The van der Waals surface area contributed by atoms with Gasteiger partial charge in [0, 0.05) is 11.6 Å². The molecule has 0 fully saturated rings. The van der Waals surface area contributed by atoms with Crippen molar-refractivity contribution in [3.8, 4) is 0 Å². The lowest BCUT2D eigenvalue weighted by atomic mass is 9.97. The summed E-state index contributed by atoms with van der Waals surface area (Å²) in [5, 5.41) is 14.1. The lowest BCUT2D eigenvalue weighted by Crippen LogP contribution is -2.29. The molecule has 0 bridgehead atoms. The predicted octanol–water partition coefficient (Wildman–Crippen LogP) is 5.02. The van der Waals surface area contributed by atoms with E-state index in [-0.39, 0.29) is 0 Å². The van der Waals surface area contributed by atoms with E-state index >= 15 is 0 Å². The van der Waals surface area contributed by atoms with E-state index in [0.29, 0.717) is 30.6 Å². The topological polar surface area (TPSA) is 20.2 Å². The molecular formula is C23H18F4O. The average Bonchev–Trinajstić information content (AvgIpc) is 2.64. The van der Waals surface area contributed by atoms with Gasteiger partial charge in [0.05, 0.1) is 5.56 Å². The number of aryl methyl sites for hydroxylation is 2. The molecule has 0 amide bonds. The van der Waals surface area contributed by atoms with Crippen LogP contribution in [0.2, 0.25) is 0 Å². The van der Waals surface area contributed by atoms with E-state index in [1.807, 2.05) is 24.3 Å². The summed E-state index contributed by atoms with van der Waals surface area (Å²) in [7, 11) is 0. The highest BCUT2D eigenvalue weighted by Gasteiger charge is 2.33. The van der Waals surface area contributed by atoms with Crippen molar-refractivity contribution >= 4 is 22.6 Å². The fourth-order valence-electron chi connectivity index (χ4n) is 3.67. The lowest BCUT2D eigenvalue weighted by molar-refractivity contribution is -0.140. The predicted molar refractivity (Wildman–Crippen MR) is 102 cm³/mol. The average molecular weight is 386 g/mol. The zero-order valence-electron chi connectivity index (χ0n) is 15.0. The molecule has 0 saturated heterocycles. The van der Waals surface area contributed by atoms with Crippen LogP contribution in [0.3, 0.4) is 0 Å². The molecule has 4 rings (SSSR count). The molecular weight excluding hydrogens is 368 g/mol. The summed E-state index contributed by atoms with van der Waals surface area (Å²) >= 11 is 0. The second-order valence-electron chi connectivity index (χ2n) is 7.12. The Bertz CT molecular complexity index is 1180. The molecule has 0 unspecified atom stereocenters. The molecule has 1 aliphatic carbocycles. The van der Waals surface area contributed by atoms with Crippen LogP contribution in [-0.4, -0.2) is 5.11 Å². The maximum absolute atomic E-state index is 13.7. The van der Waals surface area contributed by atoms with Gasteiger partial charge < -0.3 is 5.11 Å². The number of fused-ring (bicyclic) bond motifs is 2. The van der Waals surface area contributed by atoms with Gasteiger partial charge in [-0.05, 0) is 70.6 Å². The van der Waals surface area contributed by atoms with Gasteiger partial charge in [-0.3, -0.25) is 0 Å². The van der Waals surface area contributed by atoms with Gasteiger partial charge in [-0.1, -0.05) is 30.3 Å². The summed E-state index contributed by atoms with van der Waals surface area (Å²) in [6, 6.07) is 13.1. The van der Waals surface area contributed by atoms with Crippen LogP contribution in [0, 0.1) is 5.82 Å². The highest BCUT2D eigenvalue weighted by Crippen LogP contribution is 2.31. The molecule has 28 heavy (non-hydrogen) atoms. The third kappa shape index (κ3) is 3.61.